The fraction of sp³-hybridized carbons (Fsp3) is 0.421. The van der Waals surface area contributed by atoms with Crippen molar-refractivity contribution in [1.29, 1.82) is 0 Å². The molecule has 4 N–H and O–H groups in total. The van der Waals surface area contributed by atoms with Crippen molar-refractivity contribution in [3.05, 3.63) is 34.1 Å². The number of nitrogens with two attached hydrogens (primary N) is 1. The van der Waals surface area contributed by atoms with E-state index < -0.39 is 0 Å². The molecular weight excluding hydrogens is 468 g/mol. The van der Waals surface area contributed by atoms with Gasteiger partial charge in [-0.1, -0.05) is 23.2 Å². The summed E-state index contributed by atoms with van der Waals surface area (Å²) in [6.45, 7) is 0.800. The molecule has 5 rings (SSSR count). The largest absolute Gasteiger partial charge is 0.351 e. The Labute approximate surface area is 197 Å². The summed E-state index contributed by atoms with van der Waals surface area (Å²) >= 11 is 12.5. The normalized spacial score (nSPS) is 20.4. The predicted molar refractivity (Wildman–Crippen MR) is 127 cm³/mol. The van der Waals surface area contributed by atoms with Crippen molar-refractivity contribution in [3.63, 3.8) is 0 Å². The van der Waals surface area contributed by atoms with Gasteiger partial charge >= 0.3 is 0 Å². The third-order valence-corrected chi connectivity index (χ3v) is 6.37. The second kappa shape index (κ2) is 9.32. The zero-order chi connectivity index (χ0) is 19.3. The highest BCUT2D eigenvalue weighted by atomic mass is 35.5. The number of hydrogen-bond donors (Lipinski definition) is 3. The summed E-state index contributed by atoms with van der Waals surface area (Å²) in [5, 5.41) is 4.61. The number of nitrogens with one attached hydrogen (secondary N) is 2. The number of fused-ring (bicyclic) bond motifs is 2. The van der Waals surface area contributed by atoms with Crippen LogP contribution in [-0.4, -0.2) is 38.6 Å². The maximum Gasteiger partial charge on any atom is 0.227 e. The molecule has 1 aliphatic heterocycles. The highest BCUT2D eigenvalue weighted by Gasteiger charge is 2.27. The van der Waals surface area contributed by atoms with E-state index in [0.717, 1.165) is 61.2 Å². The minimum atomic E-state index is 0. The Morgan fingerprint density at radius 2 is 1.80 bits per heavy atom. The number of benzene rings is 1. The molecule has 162 valence electrons. The van der Waals surface area contributed by atoms with Crippen LogP contribution in [0.25, 0.3) is 11.2 Å². The molecule has 0 bridgehead atoms. The second-order valence-corrected chi connectivity index (χ2v) is 8.34. The van der Waals surface area contributed by atoms with E-state index in [0.29, 0.717) is 33.7 Å². The molecule has 1 saturated carbocycles. The van der Waals surface area contributed by atoms with Crippen LogP contribution >= 0.6 is 48.0 Å². The van der Waals surface area contributed by atoms with Gasteiger partial charge in [-0.2, -0.15) is 9.97 Å². The van der Waals surface area contributed by atoms with Crippen molar-refractivity contribution in [3.8, 4) is 0 Å². The standard InChI is InChI=1S/C19H21Cl2N7.2ClH/c20-13-7-10-5-6-28(15(10)8-14(13)21)18-16-17(24-9-23-16)26-19(27-18)25-12-3-1-11(22)2-4-12;;/h7-9,11-12H,1-6,22H2,(H2,23,24,25,26,27);2*1H. The minimum Gasteiger partial charge on any atom is -0.351 e. The highest BCUT2D eigenvalue weighted by molar-refractivity contribution is 6.42. The SMILES string of the molecule is Cl.Cl.NC1CCC(Nc2nc(N3CCc4cc(Cl)c(Cl)cc43)c3[nH]cnc3n2)CC1. The molecule has 0 unspecified atom stereocenters. The maximum absolute atomic E-state index is 6.28. The number of aromatic amines is 1. The third kappa shape index (κ3) is 4.27. The molecule has 0 amide bonds. The van der Waals surface area contributed by atoms with Gasteiger partial charge < -0.3 is 20.9 Å². The number of imidazole rings is 1. The number of anilines is 3. The Kier molecular flexibility index (Phi) is 7.20. The van der Waals surface area contributed by atoms with E-state index in [1.807, 2.05) is 12.1 Å². The molecule has 0 radical (unpaired) electrons. The lowest BCUT2D eigenvalue weighted by atomic mass is 9.92. The van der Waals surface area contributed by atoms with Crippen LogP contribution < -0.4 is 16.0 Å². The lowest BCUT2D eigenvalue weighted by Gasteiger charge is -2.27. The maximum atomic E-state index is 6.28. The van der Waals surface area contributed by atoms with Crippen molar-refractivity contribution in [2.45, 2.75) is 44.2 Å². The van der Waals surface area contributed by atoms with Crippen LogP contribution in [0.5, 0.6) is 0 Å². The van der Waals surface area contributed by atoms with Crippen LogP contribution in [0.15, 0.2) is 18.5 Å². The Hall–Kier alpha value is -1.51. The van der Waals surface area contributed by atoms with E-state index in [1.165, 1.54) is 0 Å². The third-order valence-electron chi connectivity index (χ3n) is 5.64. The van der Waals surface area contributed by atoms with Gasteiger partial charge in [-0.25, -0.2) is 4.98 Å². The minimum absolute atomic E-state index is 0. The summed E-state index contributed by atoms with van der Waals surface area (Å²) in [4.78, 5) is 19.1. The van der Waals surface area contributed by atoms with Gasteiger partial charge in [0.2, 0.25) is 5.95 Å². The molecule has 2 aromatic heterocycles. The summed E-state index contributed by atoms with van der Waals surface area (Å²) in [6, 6.07) is 4.49. The zero-order valence-electron chi connectivity index (χ0n) is 16.1. The van der Waals surface area contributed by atoms with Gasteiger partial charge in [-0.3, -0.25) is 0 Å². The van der Waals surface area contributed by atoms with E-state index in [1.54, 1.807) is 6.33 Å². The topological polar surface area (TPSA) is 95.8 Å². The zero-order valence-corrected chi connectivity index (χ0v) is 19.2. The first-order valence-corrected chi connectivity index (χ1v) is 10.3. The van der Waals surface area contributed by atoms with Crippen LogP contribution in [0.4, 0.5) is 17.5 Å². The van der Waals surface area contributed by atoms with Gasteiger partial charge in [-0.05, 0) is 49.8 Å². The quantitative estimate of drug-likeness (QED) is 0.484. The van der Waals surface area contributed by atoms with Crippen molar-refractivity contribution >= 4 is 76.6 Å². The molecular formula is C19H23Cl4N7. The van der Waals surface area contributed by atoms with Crippen LogP contribution in [0.2, 0.25) is 10.0 Å². The summed E-state index contributed by atoms with van der Waals surface area (Å²) in [5.74, 6) is 1.40. The molecule has 1 aliphatic carbocycles. The average molecular weight is 491 g/mol. The number of H-pyrrole nitrogens is 1. The fourth-order valence-corrected chi connectivity index (χ4v) is 4.47. The first-order chi connectivity index (χ1) is 13.6. The van der Waals surface area contributed by atoms with Crippen LogP contribution in [0, 0.1) is 0 Å². The van der Waals surface area contributed by atoms with Gasteiger partial charge in [0.1, 0.15) is 5.52 Å². The van der Waals surface area contributed by atoms with Gasteiger partial charge in [0.15, 0.2) is 11.5 Å². The van der Waals surface area contributed by atoms with Crippen molar-refractivity contribution < 1.29 is 0 Å². The highest BCUT2D eigenvalue weighted by Crippen LogP contribution is 2.40. The summed E-state index contributed by atoms with van der Waals surface area (Å²) < 4.78 is 0. The van der Waals surface area contributed by atoms with E-state index in [2.05, 4.69) is 25.2 Å². The van der Waals surface area contributed by atoms with Crippen LogP contribution in [-0.2, 0) is 6.42 Å². The number of aromatic nitrogens is 4. The van der Waals surface area contributed by atoms with Gasteiger partial charge in [-0.15, -0.1) is 24.8 Å². The first-order valence-electron chi connectivity index (χ1n) is 9.57. The van der Waals surface area contributed by atoms with E-state index >= 15 is 0 Å². The average Bonchev–Trinajstić information content (AvgIpc) is 3.30. The summed E-state index contributed by atoms with van der Waals surface area (Å²) in [7, 11) is 0. The van der Waals surface area contributed by atoms with Crippen LogP contribution in [0.1, 0.15) is 31.2 Å². The Bertz CT molecular complexity index is 1030. The molecule has 3 aromatic rings. The summed E-state index contributed by atoms with van der Waals surface area (Å²) in [6.07, 6.45) is 6.63. The van der Waals surface area contributed by atoms with E-state index in [-0.39, 0.29) is 24.8 Å². The van der Waals surface area contributed by atoms with Crippen molar-refractivity contribution in [1.82, 2.24) is 19.9 Å². The van der Waals surface area contributed by atoms with Crippen LogP contribution in [0.3, 0.4) is 0 Å². The van der Waals surface area contributed by atoms with E-state index in [4.69, 9.17) is 33.9 Å². The van der Waals surface area contributed by atoms with Crippen molar-refractivity contribution in [2.24, 2.45) is 5.73 Å². The Balaban J connectivity index is 0.00000128. The molecule has 2 aliphatic rings. The van der Waals surface area contributed by atoms with Gasteiger partial charge in [0, 0.05) is 24.3 Å². The van der Waals surface area contributed by atoms with Crippen molar-refractivity contribution in [2.75, 3.05) is 16.8 Å². The fourth-order valence-electron chi connectivity index (χ4n) is 4.13. The Morgan fingerprint density at radius 1 is 1.07 bits per heavy atom. The van der Waals surface area contributed by atoms with E-state index in [9.17, 15) is 0 Å². The monoisotopic (exact) mass is 489 g/mol. The Morgan fingerprint density at radius 3 is 2.57 bits per heavy atom. The lowest BCUT2D eigenvalue weighted by molar-refractivity contribution is 0.410. The predicted octanol–water partition coefficient (Wildman–Crippen LogP) is 4.88. The first kappa shape index (κ1) is 23.2. The molecule has 1 fully saturated rings. The second-order valence-electron chi connectivity index (χ2n) is 7.52. The molecule has 11 heteroatoms. The molecule has 0 saturated heterocycles. The number of rotatable bonds is 3. The number of halogens is 4. The molecule has 3 heterocycles. The number of nitrogens with zero attached hydrogens (tertiary/aromatic N) is 4. The molecule has 1 aromatic carbocycles. The molecule has 0 atom stereocenters. The molecule has 0 spiro atoms. The molecule has 30 heavy (non-hydrogen) atoms. The van der Waals surface area contributed by atoms with Gasteiger partial charge in [0.05, 0.1) is 16.4 Å². The smallest absolute Gasteiger partial charge is 0.227 e. The lowest BCUT2D eigenvalue weighted by Crippen LogP contribution is -2.33. The van der Waals surface area contributed by atoms with Gasteiger partial charge in [0.25, 0.3) is 0 Å². The summed E-state index contributed by atoms with van der Waals surface area (Å²) in [5.41, 5.74) is 9.68. The number of hydrogen-bond acceptors (Lipinski definition) is 6. The molecule has 7 nitrogen and oxygen atoms in total.